The highest BCUT2D eigenvalue weighted by atomic mass is 32.2. The Morgan fingerprint density at radius 1 is 1.05 bits per heavy atom. The van der Waals surface area contributed by atoms with Crippen LogP contribution in [0.25, 0.3) is 6.08 Å². The van der Waals surface area contributed by atoms with Crippen LogP contribution >= 0.6 is 11.8 Å². The Hall–Kier alpha value is -3.06. The van der Waals surface area contributed by atoms with Crippen LogP contribution in [0.4, 0.5) is 0 Å². The maximum atomic E-state index is 13.8. The van der Waals surface area contributed by atoms with Crippen LogP contribution in [0.15, 0.2) is 47.4 Å². The van der Waals surface area contributed by atoms with Gasteiger partial charge in [0.25, 0.3) is 11.8 Å². The minimum atomic E-state index is -0.116. The zero-order valence-electron chi connectivity index (χ0n) is 23.1. The van der Waals surface area contributed by atoms with Crippen LogP contribution in [-0.4, -0.2) is 58.4 Å². The van der Waals surface area contributed by atoms with Crippen molar-refractivity contribution in [1.82, 2.24) is 15.1 Å². The zero-order valence-corrected chi connectivity index (χ0v) is 23.9. The number of amides is 3. The molecule has 39 heavy (non-hydrogen) atoms. The van der Waals surface area contributed by atoms with Gasteiger partial charge in [-0.25, -0.2) is 0 Å². The van der Waals surface area contributed by atoms with E-state index in [-0.39, 0.29) is 23.8 Å². The van der Waals surface area contributed by atoms with Gasteiger partial charge in [0, 0.05) is 49.5 Å². The Kier molecular flexibility index (Phi) is 8.75. The van der Waals surface area contributed by atoms with Crippen molar-refractivity contribution in [3.63, 3.8) is 0 Å². The number of benzene rings is 2. The predicted molar refractivity (Wildman–Crippen MR) is 157 cm³/mol. The molecule has 2 saturated heterocycles. The van der Waals surface area contributed by atoms with E-state index >= 15 is 0 Å². The van der Waals surface area contributed by atoms with Gasteiger partial charge in [0.05, 0.1) is 4.91 Å². The third-order valence-corrected chi connectivity index (χ3v) is 9.59. The van der Waals surface area contributed by atoms with Crippen LogP contribution in [0.3, 0.4) is 0 Å². The average molecular weight is 546 g/mol. The number of hydrogen-bond donors (Lipinski definition) is 1. The fraction of sp³-hybridized carbons (Fsp3) is 0.469. The van der Waals surface area contributed by atoms with E-state index in [0.717, 1.165) is 42.7 Å². The second kappa shape index (κ2) is 12.4. The number of likely N-dealkylation sites (tertiary alicyclic amines) is 1. The van der Waals surface area contributed by atoms with Gasteiger partial charge in [0.15, 0.2) is 0 Å². The number of nitrogens with one attached hydrogen (secondary N) is 1. The van der Waals surface area contributed by atoms with Gasteiger partial charge in [0.1, 0.15) is 0 Å². The highest BCUT2D eigenvalue weighted by molar-refractivity contribution is 8.04. The second-order valence-electron chi connectivity index (χ2n) is 11.1. The lowest BCUT2D eigenvalue weighted by molar-refractivity contribution is -0.130. The lowest BCUT2D eigenvalue weighted by Gasteiger charge is -2.44. The molecule has 2 unspecified atom stereocenters. The van der Waals surface area contributed by atoms with E-state index in [0.29, 0.717) is 36.9 Å². The van der Waals surface area contributed by atoms with Crippen LogP contribution in [0.5, 0.6) is 0 Å². The van der Waals surface area contributed by atoms with E-state index in [4.69, 9.17) is 0 Å². The fourth-order valence-corrected chi connectivity index (χ4v) is 7.39. The molecule has 2 aromatic carbocycles. The molecule has 0 bridgehead atoms. The molecule has 206 valence electrons. The Bertz CT molecular complexity index is 1260. The molecule has 1 aliphatic carbocycles. The van der Waals surface area contributed by atoms with E-state index in [1.165, 1.54) is 29.5 Å². The molecule has 0 aromatic heterocycles. The largest absolute Gasteiger partial charge is 0.352 e. The maximum Gasteiger partial charge on any atom is 0.260 e. The van der Waals surface area contributed by atoms with Crippen molar-refractivity contribution in [3.05, 3.63) is 75.2 Å². The normalized spacial score (nSPS) is 22.4. The maximum absolute atomic E-state index is 13.8. The van der Waals surface area contributed by atoms with Crippen molar-refractivity contribution in [3.8, 4) is 0 Å². The average Bonchev–Trinajstić information content (AvgIpc) is 3.35. The monoisotopic (exact) mass is 545 g/mol. The summed E-state index contributed by atoms with van der Waals surface area (Å²) in [4.78, 5) is 42.9. The van der Waals surface area contributed by atoms with Gasteiger partial charge >= 0.3 is 0 Å². The van der Waals surface area contributed by atoms with Crippen LogP contribution in [0.1, 0.15) is 77.6 Å². The van der Waals surface area contributed by atoms with E-state index in [9.17, 15) is 14.4 Å². The SMILES string of the molecule is Cc1ccc(C)c(CN2C(=O)/C(=C/c3ccc(C(=O)NCCCN4CCCC4=O)cc3)SC3CCCCC32)c1. The van der Waals surface area contributed by atoms with Crippen molar-refractivity contribution in [2.24, 2.45) is 0 Å². The Morgan fingerprint density at radius 2 is 1.85 bits per heavy atom. The summed E-state index contributed by atoms with van der Waals surface area (Å²) in [6.07, 6.45) is 8.91. The smallest absolute Gasteiger partial charge is 0.260 e. The molecule has 3 amide bonds. The molecule has 2 atom stereocenters. The molecule has 1 saturated carbocycles. The number of thioether (sulfide) groups is 1. The molecule has 7 heteroatoms. The number of aryl methyl sites for hydroxylation is 2. The van der Waals surface area contributed by atoms with Crippen molar-refractivity contribution < 1.29 is 14.4 Å². The molecule has 2 heterocycles. The van der Waals surface area contributed by atoms with Gasteiger partial charge < -0.3 is 15.1 Å². The first-order valence-corrected chi connectivity index (χ1v) is 15.2. The molecule has 2 aliphatic heterocycles. The summed E-state index contributed by atoms with van der Waals surface area (Å²) in [6.45, 7) is 6.94. The summed E-state index contributed by atoms with van der Waals surface area (Å²) in [5.74, 6) is 0.213. The Balaban J connectivity index is 1.24. The number of rotatable bonds is 8. The van der Waals surface area contributed by atoms with Gasteiger partial charge in [-0.2, -0.15) is 0 Å². The number of nitrogens with zero attached hydrogens (tertiary/aromatic N) is 2. The van der Waals surface area contributed by atoms with E-state index in [1.54, 1.807) is 11.8 Å². The van der Waals surface area contributed by atoms with Gasteiger partial charge in [-0.05, 0) is 74.4 Å². The molecular formula is C32H39N3O3S. The van der Waals surface area contributed by atoms with Crippen molar-refractivity contribution >= 4 is 35.6 Å². The summed E-state index contributed by atoms with van der Waals surface area (Å²) >= 11 is 1.74. The summed E-state index contributed by atoms with van der Waals surface area (Å²) in [6, 6.07) is 14.2. The molecule has 0 radical (unpaired) electrons. The van der Waals surface area contributed by atoms with Crippen molar-refractivity contribution in [2.75, 3.05) is 19.6 Å². The van der Waals surface area contributed by atoms with E-state index in [1.807, 2.05) is 35.2 Å². The molecule has 0 spiro atoms. The molecule has 1 N–H and O–H groups in total. The minimum Gasteiger partial charge on any atom is -0.352 e. The lowest BCUT2D eigenvalue weighted by Crippen LogP contribution is -2.50. The highest BCUT2D eigenvalue weighted by Gasteiger charge is 2.40. The second-order valence-corrected chi connectivity index (χ2v) is 12.4. The van der Waals surface area contributed by atoms with Gasteiger partial charge in [0.2, 0.25) is 5.91 Å². The number of carbonyl (C=O) groups excluding carboxylic acids is 3. The molecule has 5 rings (SSSR count). The molecule has 3 fully saturated rings. The first-order chi connectivity index (χ1) is 18.9. The Labute approximate surface area is 236 Å². The van der Waals surface area contributed by atoms with Gasteiger partial charge in [-0.15, -0.1) is 11.8 Å². The third-order valence-electron chi connectivity index (χ3n) is 8.20. The van der Waals surface area contributed by atoms with Crippen LogP contribution in [0, 0.1) is 13.8 Å². The number of hydrogen-bond acceptors (Lipinski definition) is 4. The quantitative estimate of drug-likeness (QED) is 0.353. The van der Waals surface area contributed by atoms with Crippen LogP contribution < -0.4 is 5.32 Å². The van der Waals surface area contributed by atoms with Crippen molar-refractivity contribution in [2.45, 2.75) is 76.6 Å². The molecular weight excluding hydrogens is 506 g/mol. The van der Waals surface area contributed by atoms with Crippen LogP contribution in [-0.2, 0) is 16.1 Å². The summed E-state index contributed by atoms with van der Waals surface area (Å²) in [5, 5.41) is 3.38. The predicted octanol–water partition coefficient (Wildman–Crippen LogP) is 5.47. The zero-order chi connectivity index (χ0) is 27.4. The van der Waals surface area contributed by atoms with E-state index in [2.05, 4.69) is 42.3 Å². The summed E-state index contributed by atoms with van der Waals surface area (Å²) in [5.41, 5.74) is 5.19. The molecule has 2 aromatic rings. The van der Waals surface area contributed by atoms with Gasteiger partial charge in [-0.3, -0.25) is 14.4 Å². The lowest BCUT2D eigenvalue weighted by atomic mass is 9.92. The summed E-state index contributed by atoms with van der Waals surface area (Å²) < 4.78 is 0. The molecule has 6 nitrogen and oxygen atoms in total. The Morgan fingerprint density at radius 3 is 2.62 bits per heavy atom. The summed E-state index contributed by atoms with van der Waals surface area (Å²) in [7, 11) is 0. The van der Waals surface area contributed by atoms with Crippen LogP contribution in [0.2, 0.25) is 0 Å². The van der Waals surface area contributed by atoms with Crippen molar-refractivity contribution in [1.29, 1.82) is 0 Å². The topological polar surface area (TPSA) is 69.7 Å². The first kappa shape index (κ1) is 27.5. The minimum absolute atomic E-state index is 0.113. The number of fused-ring (bicyclic) bond motifs is 1. The fourth-order valence-electron chi connectivity index (χ4n) is 5.91. The highest BCUT2D eigenvalue weighted by Crippen LogP contribution is 2.43. The van der Waals surface area contributed by atoms with Gasteiger partial charge in [-0.1, -0.05) is 48.7 Å². The third kappa shape index (κ3) is 6.57. The first-order valence-electron chi connectivity index (χ1n) is 14.3. The van der Waals surface area contributed by atoms with E-state index < -0.39 is 0 Å². The standard InChI is InChI=1S/C32H39N3O3S/c1-22-10-11-23(2)26(19-22)21-35-27-7-3-4-8-28(27)39-29(32(35)38)20-24-12-14-25(15-13-24)31(37)33-16-6-18-34-17-5-9-30(34)36/h10-15,19-20,27-28H,3-9,16-18,21H2,1-2H3,(H,33,37)/b29-20-. The number of carbonyl (C=O) groups is 3. The molecule has 3 aliphatic rings.